The Morgan fingerprint density at radius 2 is 2.44 bits per heavy atom. The van der Waals surface area contributed by atoms with E-state index >= 15 is 0 Å². The van der Waals surface area contributed by atoms with Gasteiger partial charge in [0.05, 0.1) is 6.61 Å². The van der Waals surface area contributed by atoms with Gasteiger partial charge in [0, 0.05) is 6.92 Å². The van der Waals surface area contributed by atoms with E-state index in [2.05, 4.69) is 9.71 Å². The van der Waals surface area contributed by atoms with Gasteiger partial charge in [-0.15, -0.1) is 0 Å². The summed E-state index contributed by atoms with van der Waals surface area (Å²) in [5, 5.41) is 8.06. The van der Waals surface area contributed by atoms with Crippen LogP contribution in [0.15, 0.2) is 0 Å². The molecule has 0 saturated carbocycles. The van der Waals surface area contributed by atoms with Crippen LogP contribution in [0.5, 0.6) is 0 Å². The molecule has 0 aromatic rings. The summed E-state index contributed by atoms with van der Waals surface area (Å²) in [6.45, 7) is 3.47. The van der Waals surface area contributed by atoms with E-state index in [9.17, 15) is 4.79 Å². The molecule has 1 unspecified atom stereocenters. The maximum Gasteiger partial charge on any atom is 0.405 e. The minimum Gasteiger partial charge on any atom is -0.460 e. The number of rotatable bonds is 2. The molecule has 0 N–H and O–H groups in total. The second-order valence-electron chi connectivity index (χ2n) is 1.54. The molecule has 0 bridgehead atoms. The third kappa shape index (κ3) is 2.65. The highest BCUT2D eigenvalue weighted by molar-refractivity contribution is 5.76. The lowest BCUT2D eigenvalue weighted by atomic mass is 10.4. The average molecular weight is 129 g/mol. The van der Waals surface area contributed by atoms with E-state index in [4.69, 9.17) is 5.39 Å². The van der Waals surface area contributed by atoms with Crippen LogP contribution in [0.1, 0.15) is 13.8 Å². The van der Waals surface area contributed by atoms with Gasteiger partial charge in [0.2, 0.25) is 5.39 Å². The molecule has 9 heavy (non-hydrogen) atoms. The maximum atomic E-state index is 10.5. The van der Waals surface area contributed by atoms with E-state index in [0.717, 1.165) is 0 Å². The second-order valence-corrected chi connectivity index (χ2v) is 1.54. The van der Waals surface area contributed by atoms with Gasteiger partial charge in [0.15, 0.2) is 0 Å². The number of carbonyl (C=O) groups excluding carboxylic acids is 1. The largest absolute Gasteiger partial charge is 0.460 e. The standard InChI is InChI=1S/C5H9N2O2/c1-3-9-5(8)4(2)7-6/h4H,3H2,1-2H3/q+1. The van der Waals surface area contributed by atoms with Crippen molar-refractivity contribution in [3.63, 3.8) is 0 Å². The predicted molar refractivity (Wildman–Crippen MR) is 31.2 cm³/mol. The summed E-state index contributed by atoms with van der Waals surface area (Å²) in [7, 11) is 0. The molecular formula is C5H9N2O2+. The molecule has 0 aromatic carbocycles. The van der Waals surface area contributed by atoms with Crippen LogP contribution >= 0.6 is 0 Å². The van der Waals surface area contributed by atoms with Gasteiger partial charge in [-0.3, -0.25) is 0 Å². The maximum absolute atomic E-state index is 10.5. The smallest absolute Gasteiger partial charge is 0.405 e. The number of ether oxygens (including phenoxy) is 1. The first-order chi connectivity index (χ1) is 4.22. The van der Waals surface area contributed by atoms with Crippen molar-refractivity contribution in [1.82, 2.24) is 0 Å². The highest BCUT2D eigenvalue weighted by atomic mass is 16.5. The summed E-state index contributed by atoms with van der Waals surface area (Å²) < 4.78 is 4.50. The number of hydrogen-bond acceptors (Lipinski definition) is 3. The first kappa shape index (κ1) is 7.89. The van der Waals surface area contributed by atoms with Crippen LogP contribution in [-0.2, 0) is 9.53 Å². The third-order valence-corrected chi connectivity index (χ3v) is 0.801. The fraction of sp³-hybridized carbons (Fsp3) is 0.800. The van der Waals surface area contributed by atoms with Crippen LogP contribution in [0, 0.1) is 5.39 Å². The van der Waals surface area contributed by atoms with Crippen molar-refractivity contribution in [1.29, 1.82) is 5.39 Å². The van der Waals surface area contributed by atoms with Crippen molar-refractivity contribution < 1.29 is 9.53 Å². The molecule has 1 atom stereocenters. The van der Waals surface area contributed by atoms with Gasteiger partial charge < -0.3 is 4.74 Å². The Balaban J connectivity index is 3.63. The summed E-state index contributed by atoms with van der Waals surface area (Å²) in [6.07, 6.45) is 0. The third-order valence-electron chi connectivity index (χ3n) is 0.801. The van der Waals surface area contributed by atoms with Gasteiger partial charge in [-0.1, -0.05) is 0 Å². The van der Waals surface area contributed by atoms with Gasteiger partial charge in [-0.25, -0.2) is 4.79 Å². The molecule has 0 aromatic heterocycles. The zero-order valence-corrected chi connectivity index (χ0v) is 5.50. The topological polar surface area (TPSA) is 54.5 Å². The molecule has 0 spiro atoms. The quantitative estimate of drug-likeness (QED) is 0.409. The minimum absolute atomic E-state index is 0.318. The predicted octanol–water partition coefficient (Wildman–Crippen LogP) is 0.791. The van der Waals surface area contributed by atoms with E-state index in [-0.39, 0.29) is 0 Å². The molecular weight excluding hydrogens is 120 g/mol. The Labute approximate surface area is 53.4 Å². The number of carbonyl (C=O) groups is 1. The zero-order valence-electron chi connectivity index (χ0n) is 5.50. The first-order valence-corrected chi connectivity index (χ1v) is 2.73. The molecule has 0 radical (unpaired) electrons. The summed E-state index contributed by atoms with van der Waals surface area (Å²) >= 11 is 0. The Kier molecular flexibility index (Phi) is 3.37. The lowest BCUT2D eigenvalue weighted by molar-refractivity contribution is -0.143. The molecule has 0 amide bonds. The monoisotopic (exact) mass is 129 g/mol. The molecule has 0 saturated heterocycles. The van der Waals surface area contributed by atoms with Gasteiger partial charge in [-0.05, 0) is 6.92 Å². The Hall–Kier alpha value is -1.11. The summed E-state index contributed by atoms with van der Waals surface area (Å²) in [5.74, 6) is -0.500. The van der Waals surface area contributed by atoms with Gasteiger partial charge in [0.25, 0.3) is 0 Å². The number of diazo groups is 1. The van der Waals surface area contributed by atoms with Crippen LogP contribution in [-0.4, -0.2) is 18.6 Å². The van der Waals surface area contributed by atoms with Crippen molar-refractivity contribution in [3.8, 4) is 0 Å². The normalized spacial score (nSPS) is 11.7. The Morgan fingerprint density at radius 3 is 2.78 bits per heavy atom. The molecule has 0 rings (SSSR count). The van der Waals surface area contributed by atoms with Gasteiger partial charge in [0.1, 0.15) is 4.98 Å². The van der Waals surface area contributed by atoms with E-state index in [0.29, 0.717) is 6.61 Å². The lowest BCUT2D eigenvalue weighted by Crippen LogP contribution is -2.15. The van der Waals surface area contributed by atoms with Crippen LogP contribution < -0.4 is 0 Å². The first-order valence-electron chi connectivity index (χ1n) is 2.73. The summed E-state index contributed by atoms with van der Waals surface area (Å²) in [4.78, 5) is 13.2. The Morgan fingerprint density at radius 1 is 1.89 bits per heavy atom. The fourth-order valence-corrected chi connectivity index (χ4v) is 0.310. The van der Waals surface area contributed by atoms with E-state index in [1.54, 1.807) is 6.92 Å². The van der Waals surface area contributed by atoms with Crippen molar-refractivity contribution in [2.75, 3.05) is 6.61 Å². The lowest BCUT2D eigenvalue weighted by Gasteiger charge is -1.93. The SMILES string of the molecule is CCOC(=O)C(C)[N+]#N. The highest BCUT2D eigenvalue weighted by Gasteiger charge is 2.24. The highest BCUT2D eigenvalue weighted by Crippen LogP contribution is 1.91. The Bertz CT molecular complexity index is 138. The van der Waals surface area contributed by atoms with Gasteiger partial charge in [-0.2, -0.15) is 0 Å². The molecule has 0 aliphatic rings. The van der Waals surface area contributed by atoms with Crippen LogP contribution in [0.2, 0.25) is 0 Å². The van der Waals surface area contributed by atoms with Crippen molar-refractivity contribution in [2.45, 2.75) is 19.9 Å². The summed E-state index contributed by atoms with van der Waals surface area (Å²) in [5.41, 5.74) is 0. The van der Waals surface area contributed by atoms with Crippen LogP contribution in [0.3, 0.4) is 0 Å². The summed E-state index contributed by atoms with van der Waals surface area (Å²) in [6, 6.07) is -0.759. The second kappa shape index (κ2) is 3.84. The van der Waals surface area contributed by atoms with Crippen molar-refractivity contribution in [2.24, 2.45) is 0 Å². The van der Waals surface area contributed by atoms with Crippen molar-refractivity contribution in [3.05, 3.63) is 4.98 Å². The number of esters is 1. The van der Waals surface area contributed by atoms with Crippen molar-refractivity contribution >= 4 is 5.97 Å². The molecule has 4 heteroatoms. The molecule has 0 fully saturated rings. The minimum atomic E-state index is -0.759. The average Bonchev–Trinajstić information content (AvgIpc) is 1.87. The van der Waals surface area contributed by atoms with Gasteiger partial charge >= 0.3 is 12.0 Å². The molecule has 0 aliphatic carbocycles. The number of nitrogens with zero attached hydrogens (tertiary/aromatic N) is 2. The molecule has 0 aliphatic heterocycles. The molecule has 0 heterocycles. The zero-order chi connectivity index (χ0) is 7.28. The van der Waals surface area contributed by atoms with E-state index in [1.807, 2.05) is 0 Å². The fourth-order valence-electron chi connectivity index (χ4n) is 0.310. The number of hydrogen-bond donors (Lipinski definition) is 0. The van der Waals surface area contributed by atoms with Crippen LogP contribution in [0.25, 0.3) is 4.98 Å². The van der Waals surface area contributed by atoms with E-state index < -0.39 is 12.0 Å². The molecule has 50 valence electrons. The molecule has 4 nitrogen and oxygen atoms in total. The van der Waals surface area contributed by atoms with Crippen LogP contribution in [0.4, 0.5) is 0 Å². The van der Waals surface area contributed by atoms with E-state index in [1.165, 1.54) is 6.92 Å².